The number of hydrogen-bond acceptors (Lipinski definition) is 4. The maximum Gasteiger partial charge on any atom is 0.221 e. The Bertz CT molecular complexity index is 621. The average molecular weight is 379 g/mol. The number of carbonyl (C=O) groups excluding carboxylic acids is 1. The molecule has 1 unspecified atom stereocenters. The molecule has 1 aliphatic rings. The van der Waals surface area contributed by atoms with Gasteiger partial charge >= 0.3 is 0 Å². The van der Waals surface area contributed by atoms with Crippen LogP contribution in [0.2, 0.25) is 0 Å². The highest BCUT2D eigenvalue weighted by Crippen LogP contribution is 2.24. The highest BCUT2D eigenvalue weighted by molar-refractivity contribution is 8.00. The van der Waals surface area contributed by atoms with Crippen LogP contribution in [0.25, 0.3) is 0 Å². The first-order valence-corrected chi connectivity index (χ1v) is 10.1. The Hall–Kier alpha value is -1.89. The predicted molar refractivity (Wildman–Crippen MR) is 110 cm³/mol. The normalized spacial score (nSPS) is 18.0. The van der Waals surface area contributed by atoms with Crippen molar-refractivity contribution in [1.82, 2.24) is 10.2 Å². The number of carbonyl (C=O) groups is 1. The van der Waals surface area contributed by atoms with Crippen LogP contribution in [0.15, 0.2) is 29.3 Å². The number of amides is 1. The summed E-state index contributed by atoms with van der Waals surface area (Å²) in [7, 11) is 1.83. The van der Waals surface area contributed by atoms with Gasteiger partial charge in [0.05, 0.1) is 6.54 Å². The second-order valence-corrected chi connectivity index (χ2v) is 7.98. The highest BCUT2D eigenvalue weighted by atomic mass is 32.2. The molecule has 26 heavy (non-hydrogen) atoms. The van der Waals surface area contributed by atoms with Crippen molar-refractivity contribution in [1.29, 1.82) is 0 Å². The van der Waals surface area contributed by atoms with Crippen LogP contribution < -0.4 is 15.4 Å². The molecule has 7 heteroatoms. The zero-order valence-electron chi connectivity index (χ0n) is 16.1. The molecule has 2 N–H and O–H groups in total. The minimum atomic E-state index is -0.0907. The maximum atomic E-state index is 11.1. The van der Waals surface area contributed by atoms with Crippen molar-refractivity contribution in [2.75, 3.05) is 44.4 Å². The fraction of sp³-hybridized carbons (Fsp3) is 0.579. The molecule has 1 atom stereocenters. The van der Waals surface area contributed by atoms with E-state index in [9.17, 15) is 4.79 Å². The van der Waals surface area contributed by atoms with Crippen LogP contribution in [0.5, 0.6) is 5.75 Å². The fourth-order valence-corrected chi connectivity index (χ4v) is 4.10. The van der Waals surface area contributed by atoms with E-state index < -0.39 is 0 Å². The van der Waals surface area contributed by atoms with E-state index >= 15 is 0 Å². The molecule has 1 saturated heterocycles. The molecule has 1 aromatic rings. The van der Waals surface area contributed by atoms with Crippen LogP contribution in [0.4, 0.5) is 5.69 Å². The van der Waals surface area contributed by atoms with Crippen molar-refractivity contribution in [3.63, 3.8) is 0 Å². The third-order valence-electron chi connectivity index (χ3n) is 4.16. The molecular weight excluding hydrogens is 348 g/mol. The van der Waals surface area contributed by atoms with Crippen molar-refractivity contribution in [3.8, 4) is 5.75 Å². The predicted octanol–water partition coefficient (Wildman–Crippen LogP) is 2.67. The first kappa shape index (κ1) is 20.4. The van der Waals surface area contributed by atoms with Crippen molar-refractivity contribution in [3.05, 3.63) is 24.3 Å². The minimum absolute atomic E-state index is 0.0907. The van der Waals surface area contributed by atoms with Crippen LogP contribution >= 0.6 is 11.8 Å². The van der Waals surface area contributed by atoms with Gasteiger partial charge in [0.25, 0.3) is 0 Å². The van der Waals surface area contributed by atoms with E-state index in [4.69, 9.17) is 4.74 Å². The number of rotatable bonds is 6. The number of nitrogens with one attached hydrogen (secondary N) is 2. The fourth-order valence-electron chi connectivity index (χ4n) is 2.80. The van der Waals surface area contributed by atoms with E-state index in [1.807, 2.05) is 31.3 Å². The lowest BCUT2D eigenvalue weighted by molar-refractivity contribution is -0.114. The summed E-state index contributed by atoms with van der Waals surface area (Å²) in [5.41, 5.74) is 0.740. The summed E-state index contributed by atoms with van der Waals surface area (Å²) in [6.07, 6.45) is 0. The summed E-state index contributed by atoms with van der Waals surface area (Å²) < 4.78 is 5.78. The third-order valence-corrected chi connectivity index (χ3v) is 5.70. The first-order chi connectivity index (χ1) is 12.5. The van der Waals surface area contributed by atoms with Gasteiger partial charge in [-0.25, -0.2) is 0 Å². The molecule has 1 aromatic carbocycles. The molecule has 1 fully saturated rings. The Labute approximate surface area is 160 Å². The molecule has 0 aromatic heterocycles. The summed E-state index contributed by atoms with van der Waals surface area (Å²) in [6.45, 7) is 9.30. The molecule has 2 rings (SSSR count). The summed E-state index contributed by atoms with van der Waals surface area (Å²) >= 11 is 2.05. The van der Waals surface area contributed by atoms with Crippen LogP contribution in [0.1, 0.15) is 20.8 Å². The van der Waals surface area contributed by atoms with E-state index in [-0.39, 0.29) is 5.91 Å². The number of thioether (sulfide) groups is 1. The van der Waals surface area contributed by atoms with Gasteiger partial charge in [-0.3, -0.25) is 9.79 Å². The second-order valence-electron chi connectivity index (χ2n) is 6.63. The van der Waals surface area contributed by atoms with E-state index in [1.54, 1.807) is 0 Å². The summed E-state index contributed by atoms with van der Waals surface area (Å²) in [4.78, 5) is 17.9. The maximum absolute atomic E-state index is 11.1. The zero-order valence-corrected chi connectivity index (χ0v) is 16.9. The number of benzene rings is 1. The second kappa shape index (κ2) is 10.3. The van der Waals surface area contributed by atoms with Crippen molar-refractivity contribution >= 4 is 29.3 Å². The van der Waals surface area contributed by atoms with Crippen molar-refractivity contribution in [2.45, 2.75) is 26.0 Å². The SMILES string of the molecule is CN=C(NCCOc1cccc(NC(C)=O)c1)N1CCSC(C(C)C)C1. The molecule has 1 heterocycles. The van der Waals surface area contributed by atoms with Gasteiger partial charge in [0.1, 0.15) is 12.4 Å². The van der Waals surface area contributed by atoms with Crippen LogP contribution in [-0.4, -0.2) is 61.1 Å². The molecule has 0 aliphatic carbocycles. The lowest BCUT2D eigenvalue weighted by Crippen LogP contribution is -2.49. The summed E-state index contributed by atoms with van der Waals surface area (Å²) in [5, 5.41) is 6.79. The summed E-state index contributed by atoms with van der Waals surface area (Å²) in [5.74, 6) is 3.39. The Balaban J connectivity index is 1.78. The molecule has 1 amide bonds. The number of nitrogens with zero attached hydrogens (tertiary/aromatic N) is 2. The molecule has 0 saturated carbocycles. The number of hydrogen-bond donors (Lipinski definition) is 2. The zero-order chi connectivity index (χ0) is 18.9. The average Bonchev–Trinajstić information content (AvgIpc) is 2.61. The van der Waals surface area contributed by atoms with E-state index in [0.29, 0.717) is 24.3 Å². The molecule has 144 valence electrons. The molecule has 0 bridgehead atoms. The summed E-state index contributed by atoms with van der Waals surface area (Å²) in [6, 6.07) is 7.42. The molecular formula is C19H30N4O2S. The number of aliphatic imine (C=N–C) groups is 1. The van der Waals surface area contributed by atoms with Gasteiger partial charge in [0, 0.05) is 49.8 Å². The van der Waals surface area contributed by atoms with Crippen molar-refractivity contribution in [2.24, 2.45) is 10.9 Å². The number of anilines is 1. The Morgan fingerprint density at radius 1 is 1.46 bits per heavy atom. The molecule has 0 spiro atoms. The van der Waals surface area contributed by atoms with Crippen LogP contribution in [0, 0.1) is 5.92 Å². The standard InChI is InChI=1S/C19H30N4O2S/c1-14(2)18-13-23(9-11-26-18)19(20-4)21-8-10-25-17-7-5-6-16(12-17)22-15(3)24/h5-7,12,14,18H,8-11,13H2,1-4H3,(H,20,21)(H,22,24). The molecule has 1 aliphatic heterocycles. The van der Waals surface area contributed by atoms with Crippen molar-refractivity contribution < 1.29 is 9.53 Å². The Kier molecular flexibility index (Phi) is 8.09. The Morgan fingerprint density at radius 3 is 2.96 bits per heavy atom. The van der Waals surface area contributed by atoms with Gasteiger partial charge in [-0.1, -0.05) is 19.9 Å². The Morgan fingerprint density at radius 2 is 2.27 bits per heavy atom. The van der Waals surface area contributed by atoms with E-state index in [1.165, 1.54) is 6.92 Å². The van der Waals surface area contributed by atoms with E-state index in [0.717, 1.165) is 36.2 Å². The topological polar surface area (TPSA) is 66.0 Å². The van der Waals surface area contributed by atoms with Crippen LogP contribution in [0.3, 0.4) is 0 Å². The van der Waals surface area contributed by atoms with Gasteiger partial charge in [-0.2, -0.15) is 11.8 Å². The lowest BCUT2D eigenvalue weighted by atomic mass is 10.1. The largest absolute Gasteiger partial charge is 0.492 e. The highest BCUT2D eigenvalue weighted by Gasteiger charge is 2.24. The third kappa shape index (κ3) is 6.44. The van der Waals surface area contributed by atoms with Gasteiger partial charge in [0.15, 0.2) is 5.96 Å². The quantitative estimate of drug-likeness (QED) is 0.453. The lowest BCUT2D eigenvalue weighted by Gasteiger charge is -2.36. The molecule has 6 nitrogen and oxygen atoms in total. The minimum Gasteiger partial charge on any atom is -0.492 e. The number of ether oxygens (including phenoxy) is 1. The van der Waals surface area contributed by atoms with Gasteiger partial charge in [-0.05, 0) is 18.1 Å². The van der Waals surface area contributed by atoms with Gasteiger partial charge in [-0.15, -0.1) is 0 Å². The van der Waals surface area contributed by atoms with E-state index in [2.05, 4.69) is 46.1 Å². The monoisotopic (exact) mass is 378 g/mol. The smallest absolute Gasteiger partial charge is 0.221 e. The number of guanidine groups is 1. The first-order valence-electron chi connectivity index (χ1n) is 9.07. The van der Waals surface area contributed by atoms with Gasteiger partial charge in [0.2, 0.25) is 5.91 Å². The molecule has 0 radical (unpaired) electrons. The van der Waals surface area contributed by atoms with Gasteiger partial charge < -0.3 is 20.3 Å². The van der Waals surface area contributed by atoms with Crippen LogP contribution in [-0.2, 0) is 4.79 Å².